The van der Waals surface area contributed by atoms with Crippen molar-refractivity contribution in [2.45, 2.75) is 19.8 Å². The van der Waals surface area contributed by atoms with Crippen molar-refractivity contribution in [3.63, 3.8) is 0 Å². The van der Waals surface area contributed by atoms with Gasteiger partial charge in [0.1, 0.15) is 0 Å². The summed E-state index contributed by atoms with van der Waals surface area (Å²) in [5.41, 5.74) is 0. The lowest BCUT2D eigenvalue weighted by Gasteiger charge is -2.14. The number of rotatable bonds is 7. The monoisotopic (exact) mass is 216 g/mol. The number of carbonyl (C=O) groups excluding carboxylic acids is 1. The summed E-state index contributed by atoms with van der Waals surface area (Å²) in [6.07, 6.45) is 0.463. The molecule has 15 heavy (non-hydrogen) atoms. The highest BCUT2D eigenvalue weighted by Crippen LogP contribution is 2.07. The van der Waals surface area contributed by atoms with Gasteiger partial charge in [-0.2, -0.15) is 0 Å². The lowest BCUT2D eigenvalue weighted by Crippen LogP contribution is -2.36. The first-order valence-corrected chi connectivity index (χ1v) is 5.11. The van der Waals surface area contributed by atoms with Crippen LogP contribution in [0.15, 0.2) is 0 Å². The van der Waals surface area contributed by atoms with E-state index in [4.69, 9.17) is 5.11 Å². The molecular formula is C10H20N2O3. The number of nitrogens with zero attached hydrogens (tertiary/aromatic N) is 1. The second-order valence-electron chi connectivity index (χ2n) is 3.80. The zero-order chi connectivity index (χ0) is 11.8. The van der Waals surface area contributed by atoms with Crippen molar-refractivity contribution in [1.82, 2.24) is 10.2 Å². The maximum absolute atomic E-state index is 11.5. The Hall–Kier alpha value is -1.10. The molecule has 0 radical (unpaired) electrons. The van der Waals surface area contributed by atoms with Crippen LogP contribution < -0.4 is 5.32 Å². The molecule has 2 N–H and O–H groups in total. The Kier molecular flexibility index (Phi) is 6.70. The first-order chi connectivity index (χ1) is 6.97. The third-order valence-corrected chi connectivity index (χ3v) is 2.14. The van der Waals surface area contributed by atoms with E-state index in [2.05, 4.69) is 5.32 Å². The highest BCUT2D eigenvalue weighted by molar-refractivity contribution is 5.83. The first kappa shape index (κ1) is 13.9. The minimum atomic E-state index is -0.926. The minimum Gasteiger partial charge on any atom is -0.481 e. The van der Waals surface area contributed by atoms with Crippen LogP contribution in [0.4, 0.5) is 0 Å². The van der Waals surface area contributed by atoms with Gasteiger partial charge in [0.25, 0.3) is 0 Å². The number of carbonyl (C=O) groups is 2. The van der Waals surface area contributed by atoms with Gasteiger partial charge >= 0.3 is 5.97 Å². The summed E-state index contributed by atoms with van der Waals surface area (Å²) in [4.78, 5) is 23.9. The Morgan fingerprint density at radius 1 is 1.40 bits per heavy atom. The van der Waals surface area contributed by atoms with Crippen LogP contribution in [0.5, 0.6) is 0 Å². The maximum Gasteiger partial charge on any atom is 0.304 e. The molecule has 0 aliphatic rings. The van der Waals surface area contributed by atoms with E-state index in [0.29, 0.717) is 13.0 Å². The van der Waals surface area contributed by atoms with Gasteiger partial charge in [0.05, 0.1) is 6.42 Å². The van der Waals surface area contributed by atoms with E-state index in [0.717, 1.165) is 6.54 Å². The molecular weight excluding hydrogens is 196 g/mol. The molecule has 0 bridgehead atoms. The standard InChI is InChI=1S/C10H20N2O3/c1-4-8(7-9(13)14)10(15)11-5-6-12(2)3/h8H,4-7H2,1-3H3,(H,11,15)(H,13,14). The fraction of sp³-hybridized carbons (Fsp3) is 0.800. The first-order valence-electron chi connectivity index (χ1n) is 5.11. The Bertz CT molecular complexity index is 217. The molecule has 0 aromatic carbocycles. The minimum absolute atomic E-state index is 0.0930. The van der Waals surface area contributed by atoms with Crippen molar-refractivity contribution in [2.24, 2.45) is 5.92 Å². The second-order valence-corrected chi connectivity index (χ2v) is 3.80. The fourth-order valence-corrected chi connectivity index (χ4v) is 1.18. The summed E-state index contributed by atoms with van der Waals surface area (Å²) >= 11 is 0. The fourth-order valence-electron chi connectivity index (χ4n) is 1.18. The predicted octanol–water partition coefficient (Wildman–Crippen LogP) is 0.165. The van der Waals surface area contributed by atoms with Gasteiger partial charge in [-0.05, 0) is 20.5 Å². The molecule has 0 aliphatic heterocycles. The molecule has 0 saturated heterocycles. The number of aliphatic carboxylic acids is 1. The van der Waals surface area contributed by atoms with E-state index in [9.17, 15) is 9.59 Å². The molecule has 0 aromatic heterocycles. The number of likely N-dealkylation sites (N-methyl/N-ethyl adjacent to an activating group) is 1. The normalized spacial score (nSPS) is 12.5. The van der Waals surface area contributed by atoms with Crippen LogP contribution >= 0.6 is 0 Å². The molecule has 0 aromatic rings. The number of carboxylic acids is 1. The number of carboxylic acid groups (broad SMARTS) is 1. The zero-order valence-corrected chi connectivity index (χ0v) is 9.62. The number of nitrogens with one attached hydrogen (secondary N) is 1. The molecule has 0 heterocycles. The summed E-state index contributed by atoms with van der Waals surface area (Å²) in [7, 11) is 3.83. The molecule has 0 saturated carbocycles. The molecule has 0 rings (SSSR count). The SMILES string of the molecule is CCC(CC(=O)O)C(=O)NCCN(C)C. The molecule has 0 spiro atoms. The van der Waals surface area contributed by atoms with E-state index in [-0.39, 0.29) is 12.3 Å². The van der Waals surface area contributed by atoms with Crippen molar-refractivity contribution < 1.29 is 14.7 Å². The molecule has 1 atom stereocenters. The lowest BCUT2D eigenvalue weighted by molar-refractivity contribution is -0.141. The highest BCUT2D eigenvalue weighted by atomic mass is 16.4. The average Bonchev–Trinajstić information content (AvgIpc) is 2.13. The van der Waals surface area contributed by atoms with Crippen molar-refractivity contribution in [1.29, 1.82) is 0 Å². The molecule has 1 amide bonds. The van der Waals surface area contributed by atoms with E-state index in [1.54, 1.807) is 0 Å². The van der Waals surface area contributed by atoms with Gasteiger partial charge in [0, 0.05) is 19.0 Å². The molecule has 1 unspecified atom stereocenters. The van der Waals surface area contributed by atoms with Crippen LogP contribution in [0.3, 0.4) is 0 Å². The Morgan fingerprint density at radius 3 is 2.40 bits per heavy atom. The number of amides is 1. The Balaban J connectivity index is 3.88. The third-order valence-electron chi connectivity index (χ3n) is 2.14. The quantitative estimate of drug-likeness (QED) is 0.636. The smallest absolute Gasteiger partial charge is 0.304 e. The van der Waals surface area contributed by atoms with Gasteiger partial charge in [-0.1, -0.05) is 6.92 Å². The summed E-state index contributed by atoms with van der Waals surface area (Å²) in [6.45, 7) is 3.14. The Morgan fingerprint density at radius 2 is 2.00 bits per heavy atom. The van der Waals surface area contributed by atoms with Crippen molar-refractivity contribution in [3.05, 3.63) is 0 Å². The number of hydrogen-bond acceptors (Lipinski definition) is 3. The second kappa shape index (κ2) is 7.23. The largest absolute Gasteiger partial charge is 0.481 e. The highest BCUT2D eigenvalue weighted by Gasteiger charge is 2.18. The van der Waals surface area contributed by atoms with Gasteiger partial charge in [0.2, 0.25) is 5.91 Å². The zero-order valence-electron chi connectivity index (χ0n) is 9.62. The summed E-state index contributed by atoms with van der Waals surface area (Å²) in [6, 6.07) is 0. The summed E-state index contributed by atoms with van der Waals surface area (Å²) in [5, 5.41) is 11.3. The summed E-state index contributed by atoms with van der Waals surface area (Å²) < 4.78 is 0. The van der Waals surface area contributed by atoms with E-state index in [1.165, 1.54) is 0 Å². The van der Waals surface area contributed by atoms with Crippen LogP contribution in [-0.2, 0) is 9.59 Å². The van der Waals surface area contributed by atoms with E-state index >= 15 is 0 Å². The van der Waals surface area contributed by atoms with Crippen LogP contribution in [0, 0.1) is 5.92 Å². The van der Waals surface area contributed by atoms with Crippen molar-refractivity contribution in [2.75, 3.05) is 27.2 Å². The van der Waals surface area contributed by atoms with Crippen LogP contribution in [0.1, 0.15) is 19.8 Å². The van der Waals surface area contributed by atoms with Crippen molar-refractivity contribution >= 4 is 11.9 Å². The van der Waals surface area contributed by atoms with Gasteiger partial charge in [-0.25, -0.2) is 0 Å². The number of hydrogen-bond donors (Lipinski definition) is 2. The van der Waals surface area contributed by atoms with Gasteiger partial charge in [-0.3, -0.25) is 9.59 Å². The lowest BCUT2D eigenvalue weighted by atomic mass is 10.0. The topological polar surface area (TPSA) is 69.6 Å². The third kappa shape index (κ3) is 6.90. The molecule has 0 fully saturated rings. The molecule has 88 valence electrons. The van der Waals surface area contributed by atoms with Gasteiger partial charge < -0.3 is 15.3 Å². The van der Waals surface area contributed by atoms with Crippen LogP contribution in [-0.4, -0.2) is 49.1 Å². The van der Waals surface area contributed by atoms with Crippen LogP contribution in [0.25, 0.3) is 0 Å². The van der Waals surface area contributed by atoms with Crippen LogP contribution in [0.2, 0.25) is 0 Å². The van der Waals surface area contributed by atoms with Gasteiger partial charge in [0.15, 0.2) is 0 Å². The van der Waals surface area contributed by atoms with Gasteiger partial charge in [-0.15, -0.1) is 0 Å². The molecule has 0 aliphatic carbocycles. The average molecular weight is 216 g/mol. The van der Waals surface area contributed by atoms with E-state index in [1.807, 2.05) is 25.9 Å². The Labute approximate surface area is 90.5 Å². The molecule has 5 nitrogen and oxygen atoms in total. The predicted molar refractivity (Wildman–Crippen MR) is 57.6 cm³/mol. The summed E-state index contributed by atoms with van der Waals surface area (Å²) in [5.74, 6) is -1.50. The van der Waals surface area contributed by atoms with E-state index < -0.39 is 11.9 Å². The van der Waals surface area contributed by atoms with Crippen molar-refractivity contribution in [3.8, 4) is 0 Å². The molecule has 5 heteroatoms. The maximum atomic E-state index is 11.5.